The number of rotatable bonds is 1. The lowest BCUT2D eigenvalue weighted by atomic mass is 10.1. The molecule has 3 nitrogen and oxygen atoms in total. The minimum Gasteiger partial charge on any atom is -0.334 e. The second-order valence-corrected chi connectivity index (χ2v) is 4.73. The van der Waals surface area contributed by atoms with Crippen molar-refractivity contribution >= 4 is 0 Å². The molecule has 0 aliphatic carbocycles. The maximum absolute atomic E-state index is 8.82. The Hall–Kier alpha value is -2.08. The average molecular weight is 237 g/mol. The lowest BCUT2D eigenvalue weighted by Gasteiger charge is -2.05. The van der Waals surface area contributed by atoms with Gasteiger partial charge in [-0.25, -0.2) is 4.98 Å². The van der Waals surface area contributed by atoms with Crippen LogP contribution < -0.4 is 0 Å². The summed E-state index contributed by atoms with van der Waals surface area (Å²) in [5.41, 5.74) is 4.24. The number of aromatic nitrogens is 2. The molecule has 1 aromatic carbocycles. The molecule has 2 aromatic rings. The van der Waals surface area contributed by atoms with E-state index in [1.807, 2.05) is 30.6 Å². The SMILES string of the molecule is N#Cc1ccc(-c2ncn3c2CCCCC3)cc1. The first-order chi connectivity index (χ1) is 8.88. The van der Waals surface area contributed by atoms with Gasteiger partial charge in [-0.1, -0.05) is 18.6 Å². The highest BCUT2D eigenvalue weighted by Gasteiger charge is 2.14. The summed E-state index contributed by atoms with van der Waals surface area (Å²) in [7, 11) is 0. The van der Waals surface area contributed by atoms with Gasteiger partial charge in [0.25, 0.3) is 0 Å². The van der Waals surface area contributed by atoms with E-state index in [4.69, 9.17) is 5.26 Å². The maximum Gasteiger partial charge on any atom is 0.0991 e. The van der Waals surface area contributed by atoms with Crippen molar-refractivity contribution in [1.82, 2.24) is 9.55 Å². The normalized spacial score (nSPS) is 14.6. The van der Waals surface area contributed by atoms with Crippen LogP contribution in [0, 0.1) is 11.3 Å². The maximum atomic E-state index is 8.82. The molecule has 1 aliphatic rings. The number of fused-ring (bicyclic) bond motifs is 1. The fourth-order valence-corrected chi connectivity index (χ4v) is 2.56. The highest BCUT2D eigenvalue weighted by molar-refractivity contribution is 5.63. The topological polar surface area (TPSA) is 41.6 Å². The molecule has 0 spiro atoms. The van der Waals surface area contributed by atoms with Crippen LogP contribution in [0.25, 0.3) is 11.3 Å². The molecule has 1 aromatic heterocycles. The molecule has 0 atom stereocenters. The zero-order chi connectivity index (χ0) is 12.4. The predicted octanol–water partition coefficient (Wildman–Crippen LogP) is 3.15. The third-order valence-electron chi connectivity index (χ3n) is 3.55. The van der Waals surface area contributed by atoms with E-state index in [0.29, 0.717) is 5.56 Å². The molecule has 0 radical (unpaired) electrons. The van der Waals surface area contributed by atoms with Crippen LogP contribution in [0.5, 0.6) is 0 Å². The molecule has 0 saturated carbocycles. The van der Waals surface area contributed by atoms with Crippen molar-refractivity contribution in [3.63, 3.8) is 0 Å². The Morgan fingerprint density at radius 1 is 1.11 bits per heavy atom. The van der Waals surface area contributed by atoms with Crippen molar-refractivity contribution in [2.45, 2.75) is 32.2 Å². The molecule has 0 amide bonds. The fraction of sp³-hybridized carbons (Fsp3) is 0.333. The summed E-state index contributed by atoms with van der Waals surface area (Å²) < 4.78 is 2.28. The Balaban J connectivity index is 2.01. The van der Waals surface area contributed by atoms with Crippen LogP contribution in [0.4, 0.5) is 0 Å². The first-order valence-electron chi connectivity index (χ1n) is 6.43. The highest BCUT2D eigenvalue weighted by Crippen LogP contribution is 2.26. The molecule has 90 valence electrons. The van der Waals surface area contributed by atoms with Gasteiger partial charge in [-0.05, 0) is 31.4 Å². The minimum absolute atomic E-state index is 0.698. The second-order valence-electron chi connectivity index (χ2n) is 4.73. The van der Waals surface area contributed by atoms with Gasteiger partial charge in [0.05, 0.1) is 23.7 Å². The van der Waals surface area contributed by atoms with E-state index in [1.165, 1.54) is 25.0 Å². The van der Waals surface area contributed by atoms with Gasteiger partial charge in [0, 0.05) is 17.8 Å². The standard InChI is InChI=1S/C15H15N3/c16-10-12-5-7-13(8-6-12)15-14-4-2-1-3-9-18(14)11-17-15/h5-8,11H,1-4,9H2. The second kappa shape index (κ2) is 4.66. The van der Waals surface area contributed by atoms with Gasteiger partial charge >= 0.3 is 0 Å². The van der Waals surface area contributed by atoms with Crippen LogP contribution in [0.2, 0.25) is 0 Å². The van der Waals surface area contributed by atoms with E-state index in [9.17, 15) is 0 Å². The number of benzene rings is 1. The summed E-state index contributed by atoms with van der Waals surface area (Å²) in [6.07, 6.45) is 6.85. The molecule has 0 saturated heterocycles. The molecular formula is C15H15N3. The van der Waals surface area contributed by atoms with Crippen molar-refractivity contribution in [3.8, 4) is 17.3 Å². The third-order valence-corrected chi connectivity index (χ3v) is 3.55. The van der Waals surface area contributed by atoms with E-state index < -0.39 is 0 Å². The highest BCUT2D eigenvalue weighted by atomic mass is 15.1. The van der Waals surface area contributed by atoms with Crippen molar-refractivity contribution in [2.75, 3.05) is 0 Å². The molecular weight excluding hydrogens is 222 g/mol. The summed E-state index contributed by atoms with van der Waals surface area (Å²) in [5.74, 6) is 0. The molecule has 3 rings (SSSR count). The lowest BCUT2D eigenvalue weighted by molar-refractivity contribution is 0.632. The summed E-state index contributed by atoms with van der Waals surface area (Å²) >= 11 is 0. The van der Waals surface area contributed by atoms with Gasteiger partial charge in [-0.2, -0.15) is 5.26 Å². The first kappa shape index (κ1) is 11.0. The van der Waals surface area contributed by atoms with Crippen molar-refractivity contribution in [3.05, 3.63) is 41.9 Å². The van der Waals surface area contributed by atoms with Crippen molar-refractivity contribution in [2.24, 2.45) is 0 Å². The largest absolute Gasteiger partial charge is 0.334 e. The van der Waals surface area contributed by atoms with Crippen LogP contribution in [0.3, 0.4) is 0 Å². The zero-order valence-electron chi connectivity index (χ0n) is 10.3. The smallest absolute Gasteiger partial charge is 0.0991 e. The van der Waals surface area contributed by atoms with Crippen LogP contribution >= 0.6 is 0 Å². The average Bonchev–Trinajstić information content (AvgIpc) is 2.68. The number of nitriles is 1. The van der Waals surface area contributed by atoms with Crippen molar-refractivity contribution < 1.29 is 0 Å². The van der Waals surface area contributed by atoms with Crippen molar-refractivity contribution in [1.29, 1.82) is 5.26 Å². The monoisotopic (exact) mass is 237 g/mol. The van der Waals surface area contributed by atoms with E-state index in [1.54, 1.807) is 0 Å². The van der Waals surface area contributed by atoms with E-state index in [-0.39, 0.29) is 0 Å². The van der Waals surface area contributed by atoms with E-state index >= 15 is 0 Å². The van der Waals surface area contributed by atoms with E-state index in [0.717, 1.165) is 24.2 Å². The Bertz CT molecular complexity index is 587. The van der Waals surface area contributed by atoms with Gasteiger partial charge in [0.1, 0.15) is 0 Å². The van der Waals surface area contributed by atoms with Gasteiger partial charge < -0.3 is 4.57 Å². The van der Waals surface area contributed by atoms with Crippen LogP contribution in [0.15, 0.2) is 30.6 Å². The number of hydrogen-bond donors (Lipinski definition) is 0. The van der Waals surface area contributed by atoms with Gasteiger partial charge in [-0.3, -0.25) is 0 Å². The van der Waals surface area contributed by atoms with Gasteiger partial charge in [0.2, 0.25) is 0 Å². The number of imidazole rings is 1. The Kier molecular flexibility index (Phi) is 2.85. The molecule has 3 heteroatoms. The summed E-state index contributed by atoms with van der Waals surface area (Å²) in [6.45, 7) is 1.08. The van der Waals surface area contributed by atoms with Crippen LogP contribution in [0.1, 0.15) is 30.5 Å². The first-order valence-corrected chi connectivity index (χ1v) is 6.43. The van der Waals surface area contributed by atoms with Crippen LogP contribution in [-0.4, -0.2) is 9.55 Å². The molecule has 1 aliphatic heterocycles. The molecule has 2 heterocycles. The molecule has 0 fully saturated rings. The minimum atomic E-state index is 0.698. The molecule has 0 N–H and O–H groups in total. The third kappa shape index (κ3) is 1.91. The Morgan fingerprint density at radius 3 is 2.72 bits per heavy atom. The van der Waals surface area contributed by atoms with Gasteiger partial charge in [0.15, 0.2) is 0 Å². The fourth-order valence-electron chi connectivity index (χ4n) is 2.56. The summed E-state index contributed by atoms with van der Waals surface area (Å²) in [6, 6.07) is 9.85. The van der Waals surface area contributed by atoms with Crippen LogP contribution in [-0.2, 0) is 13.0 Å². The summed E-state index contributed by atoms with van der Waals surface area (Å²) in [5, 5.41) is 8.82. The number of nitrogens with zero attached hydrogens (tertiary/aromatic N) is 3. The molecule has 0 unspecified atom stereocenters. The Morgan fingerprint density at radius 2 is 1.94 bits per heavy atom. The zero-order valence-corrected chi connectivity index (χ0v) is 10.3. The molecule has 0 bridgehead atoms. The van der Waals surface area contributed by atoms with Gasteiger partial charge in [-0.15, -0.1) is 0 Å². The predicted molar refractivity (Wildman–Crippen MR) is 69.9 cm³/mol. The lowest BCUT2D eigenvalue weighted by Crippen LogP contribution is -1.98. The quantitative estimate of drug-likeness (QED) is 0.764. The summed E-state index contributed by atoms with van der Waals surface area (Å²) in [4.78, 5) is 4.55. The number of hydrogen-bond acceptors (Lipinski definition) is 2. The molecule has 18 heavy (non-hydrogen) atoms. The number of aryl methyl sites for hydroxylation is 1. The van der Waals surface area contributed by atoms with E-state index in [2.05, 4.69) is 15.6 Å². The Labute approximate surface area is 107 Å².